The first kappa shape index (κ1) is 19.6. The fourth-order valence-electron chi connectivity index (χ4n) is 2.64. The number of hydrazine groups is 1. The Hall–Kier alpha value is -3.16. The van der Waals surface area contributed by atoms with E-state index in [4.69, 9.17) is 0 Å². The zero-order chi connectivity index (χ0) is 19.8. The monoisotopic (exact) mass is 395 g/mol. The van der Waals surface area contributed by atoms with Crippen LogP contribution < -0.4 is 15.6 Å². The number of carbonyl (C=O) groups excluding carboxylic acids is 1. The number of rotatable bonds is 8. The van der Waals surface area contributed by atoms with Crippen LogP contribution in [0, 0.1) is 0 Å². The molecule has 0 heterocycles. The van der Waals surface area contributed by atoms with Crippen molar-refractivity contribution in [3.8, 4) is 0 Å². The molecular formula is C21H21N3O3S. The maximum absolute atomic E-state index is 12.7. The zero-order valence-corrected chi connectivity index (χ0v) is 15.9. The second-order valence-electron chi connectivity index (χ2n) is 6.16. The van der Waals surface area contributed by atoms with Crippen molar-refractivity contribution >= 4 is 21.6 Å². The molecule has 0 saturated heterocycles. The molecule has 3 N–H and O–H groups in total. The van der Waals surface area contributed by atoms with Crippen LogP contribution in [0.15, 0.2) is 95.9 Å². The number of carbonyl (C=O) groups is 1. The summed E-state index contributed by atoms with van der Waals surface area (Å²) in [5, 5.41) is 0. The first-order valence-corrected chi connectivity index (χ1v) is 10.3. The van der Waals surface area contributed by atoms with Crippen molar-refractivity contribution in [2.45, 2.75) is 17.4 Å². The largest absolute Gasteiger partial charge is 0.299 e. The van der Waals surface area contributed by atoms with Gasteiger partial charge in [0.25, 0.3) is 5.91 Å². The van der Waals surface area contributed by atoms with Gasteiger partial charge in [0.05, 0.1) is 10.6 Å². The van der Waals surface area contributed by atoms with Crippen LogP contribution in [0.5, 0.6) is 0 Å². The van der Waals surface area contributed by atoms with Crippen LogP contribution in [0.2, 0.25) is 0 Å². The molecule has 6 nitrogen and oxygen atoms in total. The highest BCUT2D eigenvalue weighted by Crippen LogP contribution is 2.11. The molecule has 0 fully saturated rings. The highest BCUT2D eigenvalue weighted by atomic mass is 32.2. The van der Waals surface area contributed by atoms with Gasteiger partial charge in [-0.15, -0.1) is 0 Å². The predicted octanol–water partition coefficient (Wildman–Crippen LogP) is 2.72. The number of benzene rings is 3. The summed E-state index contributed by atoms with van der Waals surface area (Å²) in [7, 11) is -3.85. The Morgan fingerprint density at radius 1 is 0.786 bits per heavy atom. The summed E-state index contributed by atoms with van der Waals surface area (Å²) in [4.78, 5) is 12.8. The molecule has 0 spiro atoms. The molecule has 1 atom stereocenters. The van der Waals surface area contributed by atoms with Gasteiger partial charge in [-0.2, -0.15) is 4.72 Å². The molecule has 0 saturated carbocycles. The van der Waals surface area contributed by atoms with E-state index in [9.17, 15) is 13.2 Å². The Bertz CT molecular complexity index is 995. The molecule has 144 valence electrons. The molecule has 0 radical (unpaired) electrons. The standard InChI is InChI=1S/C21H21N3O3S/c25-21(23-22-18-12-6-2-7-13-18)20(16-17-10-4-1-5-11-17)24-28(26,27)19-14-8-3-9-15-19/h1-15,20,22,24H,16H2,(H,23,25). The smallest absolute Gasteiger partial charge is 0.256 e. The number of anilines is 1. The lowest BCUT2D eigenvalue weighted by molar-refractivity contribution is -0.122. The SMILES string of the molecule is O=C(NNc1ccccc1)C(Cc1ccccc1)NS(=O)(=O)c1ccccc1. The molecule has 3 rings (SSSR count). The fourth-order valence-corrected chi connectivity index (χ4v) is 3.85. The minimum atomic E-state index is -3.85. The van der Waals surface area contributed by atoms with Crippen LogP contribution in [-0.2, 0) is 21.2 Å². The van der Waals surface area contributed by atoms with E-state index in [1.165, 1.54) is 12.1 Å². The Morgan fingerprint density at radius 2 is 1.32 bits per heavy atom. The van der Waals surface area contributed by atoms with Crippen LogP contribution >= 0.6 is 0 Å². The molecule has 7 heteroatoms. The highest BCUT2D eigenvalue weighted by molar-refractivity contribution is 7.89. The van der Waals surface area contributed by atoms with Crippen molar-refractivity contribution in [3.05, 3.63) is 96.6 Å². The maximum atomic E-state index is 12.7. The topological polar surface area (TPSA) is 87.3 Å². The Morgan fingerprint density at radius 3 is 1.93 bits per heavy atom. The third kappa shape index (κ3) is 5.42. The second kappa shape index (κ2) is 9.16. The van der Waals surface area contributed by atoms with E-state index < -0.39 is 22.0 Å². The lowest BCUT2D eigenvalue weighted by Gasteiger charge is -2.19. The summed E-state index contributed by atoms with van der Waals surface area (Å²) in [6, 6.07) is 25.4. The molecule has 1 amide bonds. The summed E-state index contributed by atoms with van der Waals surface area (Å²) in [6.07, 6.45) is 0.217. The highest BCUT2D eigenvalue weighted by Gasteiger charge is 2.26. The van der Waals surface area contributed by atoms with Crippen molar-refractivity contribution in [3.63, 3.8) is 0 Å². The molecule has 3 aromatic carbocycles. The van der Waals surface area contributed by atoms with E-state index in [0.29, 0.717) is 5.69 Å². The third-order valence-corrected chi connectivity index (χ3v) is 5.54. The molecule has 0 aliphatic rings. The van der Waals surface area contributed by atoms with Gasteiger partial charge in [0.1, 0.15) is 6.04 Å². The lowest BCUT2D eigenvalue weighted by Crippen LogP contribution is -2.49. The van der Waals surface area contributed by atoms with Crippen LogP contribution in [0.1, 0.15) is 5.56 Å². The van der Waals surface area contributed by atoms with Gasteiger partial charge in [-0.1, -0.05) is 66.7 Å². The minimum Gasteiger partial charge on any atom is -0.299 e. The van der Waals surface area contributed by atoms with Crippen molar-refractivity contribution in [2.75, 3.05) is 5.43 Å². The summed E-state index contributed by atoms with van der Waals surface area (Å²) in [5.41, 5.74) is 6.92. The molecule has 0 aromatic heterocycles. The molecule has 0 aliphatic carbocycles. The van der Waals surface area contributed by atoms with E-state index in [2.05, 4.69) is 15.6 Å². The first-order valence-electron chi connectivity index (χ1n) is 8.77. The molecular weight excluding hydrogens is 374 g/mol. The second-order valence-corrected chi connectivity index (χ2v) is 7.87. The number of hydrogen-bond donors (Lipinski definition) is 3. The average molecular weight is 395 g/mol. The van der Waals surface area contributed by atoms with E-state index in [1.54, 1.807) is 30.3 Å². The van der Waals surface area contributed by atoms with Gasteiger partial charge in [-0.05, 0) is 36.2 Å². The van der Waals surface area contributed by atoms with Gasteiger partial charge < -0.3 is 0 Å². The van der Waals surface area contributed by atoms with Gasteiger partial charge in [0.2, 0.25) is 10.0 Å². The molecule has 0 aliphatic heterocycles. The number of amides is 1. The third-order valence-electron chi connectivity index (χ3n) is 4.05. The van der Waals surface area contributed by atoms with Crippen molar-refractivity contribution in [1.29, 1.82) is 0 Å². The maximum Gasteiger partial charge on any atom is 0.256 e. The predicted molar refractivity (Wildman–Crippen MR) is 109 cm³/mol. The Labute approximate surface area is 164 Å². The van der Waals surface area contributed by atoms with Crippen molar-refractivity contribution in [2.24, 2.45) is 0 Å². The van der Waals surface area contributed by atoms with Gasteiger partial charge in [-0.3, -0.25) is 15.6 Å². The van der Waals surface area contributed by atoms with Gasteiger partial charge in [-0.25, -0.2) is 8.42 Å². The molecule has 3 aromatic rings. The summed E-state index contributed by atoms with van der Waals surface area (Å²) in [6.45, 7) is 0. The van der Waals surface area contributed by atoms with E-state index in [1.807, 2.05) is 48.5 Å². The quantitative estimate of drug-likeness (QED) is 0.512. The van der Waals surface area contributed by atoms with Crippen LogP contribution in [0.4, 0.5) is 5.69 Å². The Kier molecular flexibility index (Phi) is 6.41. The summed E-state index contributed by atoms with van der Waals surface area (Å²) in [5.74, 6) is -0.479. The first-order chi connectivity index (χ1) is 13.5. The van der Waals surface area contributed by atoms with Crippen molar-refractivity contribution < 1.29 is 13.2 Å². The number of sulfonamides is 1. The van der Waals surface area contributed by atoms with E-state index in [-0.39, 0.29) is 11.3 Å². The number of para-hydroxylation sites is 1. The summed E-state index contributed by atoms with van der Waals surface area (Å²) < 4.78 is 27.9. The molecule has 0 bridgehead atoms. The fraction of sp³-hybridized carbons (Fsp3) is 0.0952. The van der Waals surface area contributed by atoms with Gasteiger partial charge in [0, 0.05) is 0 Å². The normalized spacial score (nSPS) is 12.1. The number of nitrogens with one attached hydrogen (secondary N) is 3. The van der Waals surface area contributed by atoms with Crippen molar-refractivity contribution in [1.82, 2.24) is 10.1 Å². The van der Waals surface area contributed by atoms with Crippen LogP contribution in [0.3, 0.4) is 0 Å². The van der Waals surface area contributed by atoms with E-state index in [0.717, 1.165) is 5.56 Å². The Balaban J connectivity index is 1.77. The van der Waals surface area contributed by atoms with E-state index >= 15 is 0 Å². The van der Waals surface area contributed by atoms with Crippen LogP contribution in [-0.4, -0.2) is 20.4 Å². The van der Waals surface area contributed by atoms with Crippen LogP contribution in [0.25, 0.3) is 0 Å². The van der Waals surface area contributed by atoms with Gasteiger partial charge >= 0.3 is 0 Å². The van der Waals surface area contributed by atoms with Gasteiger partial charge in [0.15, 0.2) is 0 Å². The zero-order valence-electron chi connectivity index (χ0n) is 15.1. The average Bonchev–Trinajstić information content (AvgIpc) is 2.73. The molecule has 28 heavy (non-hydrogen) atoms. The number of hydrogen-bond acceptors (Lipinski definition) is 4. The minimum absolute atomic E-state index is 0.108. The lowest BCUT2D eigenvalue weighted by atomic mass is 10.1. The molecule has 1 unspecified atom stereocenters. The summed E-state index contributed by atoms with van der Waals surface area (Å²) >= 11 is 0.